The summed E-state index contributed by atoms with van der Waals surface area (Å²) < 4.78 is 4.46. The Bertz CT molecular complexity index is 706. The third-order valence-electron chi connectivity index (χ3n) is 1.62. The van der Waals surface area contributed by atoms with Gasteiger partial charge >= 0.3 is 11.3 Å². The van der Waals surface area contributed by atoms with Crippen LogP contribution in [0.4, 0.5) is 0 Å². The van der Waals surface area contributed by atoms with Crippen LogP contribution in [0, 0.1) is 4.91 Å². The molecule has 0 atom stereocenters. The van der Waals surface area contributed by atoms with E-state index in [9.17, 15) is 14.5 Å². The molecule has 0 aliphatic heterocycles. The van der Waals surface area contributed by atoms with Crippen molar-refractivity contribution in [1.29, 1.82) is 0 Å². The molecule has 0 unspecified atom stereocenters. The molecule has 2 heterocycles. The number of hydrogen-bond acceptors (Lipinski definition) is 7. The zero-order chi connectivity index (χ0) is 11.9. The quantitative estimate of drug-likeness (QED) is 0.696. The molecule has 0 saturated heterocycles. The number of nitrogens with zero attached hydrogens (tertiary/aromatic N) is 4. The first-order valence-electron chi connectivity index (χ1n) is 3.67. The fourth-order valence-corrected chi connectivity index (χ4v) is 1.22. The number of nitroso groups, excluding NO2 is 1. The summed E-state index contributed by atoms with van der Waals surface area (Å²) in [7, 11) is 0. The molecule has 82 valence electrons. The Balaban J connectivity index is 3.06. The van der Waals surface area contributed by atoms with Gasteiger partial charge in [0.25, 0.3) is 5.71 Å². The van der Waals surface area contributed by atoms with Gasteiger partial charge in [0.2, 0.25) is 0 Å². The van der Waals surface area contributed by atoms with Gasteiger partial charge in [-0.2, -0.15) is 4.98 Å². The molecular formula is C6Cl2N4O4. The minimum Gasteiger partial charge on any atom is -0.387 e. The van der Waals surface area contributed by atoms with Crippen LogP contribution < -0.4 is 11.3 Å². The maximum absolute atomic E-state index is 11.4. The first-order chi connectivity index (χ1) is 7.54. The van der Waals surface area contributed by atoms with E-state index in [1.807, 2.05) is 0 Å². The van der Waals surface area contributed by atoms with Gasteiger partial charge in [0, 0.05) is 0 Å². The lowest BCUT2D eigenvalue weighted by Gasteiger charge is -1.97. The van der Waals surface area contributed by atoms with Crippen LogP contribution in [0.2, 0.25) is 10.3 Å². The van der Waals surface area contributed by atoms with Crippen LogP contribution >= 0.6 is 23.2 Å². The van der Waals surface area contributed by atoms with Crippen LogP contribution in [0.5, 0.6) is 0 Å². The topological polar surface area (TPSA) is 107 Å². The summed E-state index contributed by atoms with van der Waals surface area (Å²) in [5.41, 5.74) is -1.90. The van der Waals surface area contributed by atoms with Crippen molar-refractivity contribution in [3.8, 4) is 0 Å². The van der Waals surface area contributed by atoms with Crippen molar-refractivity contribution in [3.63, 3.8) is 0 Å². The highest BCUT2D eigenvalue weighted by Crippen LogP contribution is 2.18. The third-order valence-corrected chi connectivity index (χ3v) is 2.24. The van der Waals surface area contributed by atoms with Crippen molar-refractivity contribution in [2.75, 3.05) is 0 Å². The summed E-state index contributed by atoms with van der Waals surface area (Å²) in [6, 6.07) is 0. The fourth-order valence-electron chi connectivity index (χ4n) is 0.970. The molecule has 0 spiro atoms. The van der Waals surface area contributed by atoms with E-state index in [2.05, 4.69) is 19.7 Å². The van der Waals surface area contributed by atoms with E-state index in [4.69, 9.17) is 23.2 Å². The van der Waals surface area contributed by atoms with Crippen molar-refractivity contribution in [3.05, 3.63) is 36.1 Å². The molecule has 2 aromatic heterocycles. The molecule has 2 rings (SSSR count). The van der Waals surface area contributed by atoms with Gasteiger partial charge in [0.1, 0.15) is 0 Å². The van der Waals surface area contributed by atoms with Crippen LogP contribution in [0.1, 0.15) is 0 Å². The van der Waals surface area contributed by atoms with E-state index >= 15 is 0 Å². The number of rotatable bonds is 1. The smallest absolute Gasteiger partial charge is 0.387 e. The summed E-state index contributed by atoms with van der Waals surface area (Å²) in [4.78, 5) is 39.7. The average Bonchev–Trinajstić information content (AvgIpc) is 2.22. The summed E-state index contributed by atoms with van der Waals surface area (Å²) >= 11 is 11.0. The predicted molar refractivity (Wildman–Crippen MR) is 53.5 cm³/mol. The van der Waals surface area contributed by atoms with E-state index in [1.54, 1.807) is 0 Å². The van der Waals surface area contributed by atoms with Gasteiger partial charge in [-0.05, 0) is 0 Å². The molecule has 8 nitrogen and oxygen atoms in total. The van der Waals surface area contributed by atoms with Crippen LogP contribution in [-0.2, 0) is 0 Å². The molecule has 0 aliphatic carbocycles. The highest BCUT2D eigenvalue weighted by Gasteiger charge is 2.15. The van der Waals surface area contributed by atoms with Crippen molar-refractivity contribution < 1.29 is 4.42 Å². The predicted octanol–water partition coefficient (Wildman–Crippen LogP) is 0.581. The Kier molecular flexibility index (Phi) is 2.44. The Morgan fingerprint density at radius 3 is 2.44 bits per heavy atom. The first-order valence-corrected chi connectivity index (χ1v) is 4.42. The zero-order valence-corrected chi connectivity index (χ0v) is 8.69. The lowest BCUT2D eigenvalue weighted by Crippen LogP contribution is -2.29. The van der Waals surface area contributed by atoms with Crippen LogP contribution in [-0.4, -0.2) is 14.6 Å². The molecule has 0 bridgehead atoms. The molecule has 10 heteroatoms. The average molecular weight is 263 g/mol. The first kappa shape index (κ1) is 10.7. The molecule has 0 amide bonds. The normalized spacial score (nSPS) is 10.6. The maximum atomic E-state index is 11.4. The largest absolute Gasteiger partial charge is 0.447 e. The second kappa shape index (κ2) is 3.65. The van der Waals surface area contributed by atoms with Gasteiger partial charge in [-0.25, -0.2) is 9.78 Å². The van der Waals surface area contributed by atoms with E-state index in [0.717, 1.165) is 0 Å². The number of halogens is 2. The van der Waals surface area contributed by atoms with Crippen LogP contribution in [0.15, 0.2) is 19.3 Å². The summed E-state index contributed by atoms with van der Waals surface area (Å²) in [5, 5.41) is 1.70. The minimum absolute atomic E-state index is 0.0404. The van der Waals surface area contributed by atoms with Gasteiger partial charge in [0.15, 0.2) is 15.8 Å². The van der Waals surface area contributed by atoms with Crippen molar-refractivity contribution in [2.24, 2.45) is 5.29 Å². The maximum Gasteiger partial charge on any atom is 0.447 e. The lowest BCUT2D eigenvalue weighted by atomic mass is 10.5. The fraction of sp³-hybridized carbons (Fsp3) is 0. The number of aromatic nitrogens is 3. The summed E-state index contributed by atoms with van der Waals surface area (Å²) in [5.74, 6) is -1.28. The molecule has 2 aromatic rings. The Morgan fingerprint density at radius 1 is 1.19 bits per heavy atom. The zero-order valence-electron chi connectivity index (χ0n) is 7.18. The molecule has 0 saturated carbocycles. The molecule has 0 fully saturated rings. The Morgan fingerprint density at radius 2 is 1.81 bits per heavy atom. The van der Waals surface area contributed by atoms with Gasteiger partial charge in [-0.3, -0.25) is 4.79 Å². The van der Waals surface area contributed by atoms with Crippen LogP contribution in [0.3, 0.4) is 0 Å². The lowest BCUT2D eigenvalue weighted by molar-refractivity contribution is 0.469. The second-order valence-corrected chi connectivity index (χ2v) is 3.24. The van der Waals surface area contributed by atoms with Crippen molar-refractivity contribution in [2.45, 2.75) is 0 Å². The van der Waals surface area contributed by atoms with Gasteiger partial charge in [-0.15, -0.1) is 4.91 Å². The van der Waals surface area contributed by atoms with Gasteiger partial charge in [-0.1, -0.05) is 27.9 Å². The minimum atomic E-state index is -1.28. The SMILES string of the molecule is O=Nn1c(=O)oc2nc(Cl)c(Cl)nc2c1=O. The van der Waals surface area contributed by atoms with Crippen molar-refractivity contribution in [1.82, 2.24) is 14.6 Å². The third kappa shape index (κ3) is 1.48. The highest BCUT2D eigenvalue weighted by molar-refractivity contribution is 6.40. The Hall–Kier alpha value is -1.80. The Labute approximate surface area is 95.4 Å². The summed E-state index contributed by atoms with van der Waals surface area (Å²) in [6.45, 7) is 0. The standard InChI is InChI=1S/C6Cl2N4O4/c7-2-3(8)10-4-1(9-2)5(13)12(11-15)6(14)16-4. The van der Waals surface area contributed by atoms with E-state index in [1.165, 1.54) is 0 Å². The van der Waals surface area contributed by atoms with E-state index in [-0.39, 0.29) is 15.0 Å². The van der Waals surface area contributed by atoms with Crippen molar-refractivity contribution >= 4 is 34.4 Å². The van der Waals surface area contributed by atoms with Crippen LogP contribution in [0.25, 0.3) is 11.2 Å². The van der Waals surface area contributed by atoms with Gasteiger partial charge in [0.05, 0.1) is 5.29 Å². The molecular weight excluding hydrogens is 263 g/mol. The number of fused-ring (bicyclic) bond motifs is 1. The monoisotopic (exact) mass is 262 g/mol. The number of hydrogen-bond donors (Lipinski definition) is 0. The molecule has 0 aromatic carbocycles. The van der Waals surface area contributed by atoms with E-state index in [0.29, 0.717) is 0 Å². The molecule has 0 aliphatic rings. The molecule has 0 N–H and O–H groups in total. The second-order valence-electron chi connectivity index (χ2n) is 2.53. The van der Waals surface area contributed by atoms with Gasteiger partial charge < -0.3 is 4.42 Å². The molecule has 0 radical (unpaired) electrons. The molecule has 16 heavy (non-hydrogen) atoms. The summed E-state index contributed by atoms with van der Waals surface area (Å²) in [6.07, 6.45) is 0. The van der Waals surface area contributed by atoms with E-state index < -0.39 is 22.5 Å². The highest BCUT2D eigenvalue weighted by atomic mass is 35.5.